The summed E-state index contributed by atoms with van der Waals surface area (Å²) in [5.41, 5.74) is 1.80. The topological polar surface area (TPSA) is 56.5 Å². The molecule has 0 unspecified atom stereocenters. The van der Waals surface area contributed by atoms with E-state index in [-0.39, 0.29) is 6.10 Å². The van der Waals surface area contributed by atoms with E-state index in [1.165, 1.54) is 0 Å². The van der Waals surface area contributed by atoms with Crippen LogP contribution in [0.15, 0.2) is 24.3 Å². The van der Waals surface area contributed by atoms with Gasteiger partial charge < -0.3 is 9.84 Å². The fraction of sp³-hybridized carbons (Fsp3) is 0.533. The van der Waals surface area contributed by atoms with Crippen molar-refractivity contribution in [2.75, 3.05) is 26.8 Å². The lowest BCUT2D eigenvalue weighted by atomic mass is 10.1. The van der Waals surface area contributed by atoms with E-state index < -0.39 is 0 Å². The lowest BCUT2D eigenvalue weighted by Gasteiger charge is -2.24. The van der Waals surface area contributed by atoms with E-state index >= 15 is 0 Å². The highest BCUT2D eigenvalue weighted by Gasteiger charge is 2.10. The molecule has 0 aliphatic heterocycles. The molecular weight excluding hydrogens is 240 g/mol. The molecule has 0 bridgehead atoms. The second-order valence-corrected chi connectivity index (χ2v) is 4.60. The Bertz CT molecular complexity index is 398. The molecule has 0 radical (unpaired) electrons. The third kappa shape index (κ3) is 5.84. The summed E-state index contributed by atoms with van der Waals surface area (Å²) >= 11 is 0. The minimum atomic E-state index is -0.310. The smallest absolute Gasteiger partial charge is 0.0991 e. The summed E-state index contributed by atoms with van der Waals surface area (Å²) in [5, 5.41) is 18.5. The van der Waals surface area contributed by atoms with Crippen LogP contribution in [0.1, 0.15) is 24.5 Å². The molecule has 104 valence electrons. The first-order valence-corrected chi connectivity index (χ1v) is 6.58. The van der Waals surface area contributed by atoms with Gasteiger partial charge in [0, 0.05) is 26.7 Å². The predicted octanol–water partition coefficient (Wildman–Crippen LogP) is 1.78. The third-order valence-corrected chi connectivity index (χ3v) is 3.04. The van der Waals surface area contributed by atoms with Crippen LogP contribution in [-0.2, 0) is 11.3 Å². The Morgan fingerprint density at radius 2 is 2.05 bits per heavy atom. The first kappa shape index (κ1) is 15.6. The van der Waals surface area contributed by atoms with Crippen molar-refractivity contribution in [1.29, 1.82) is 5.26 Å². The molecule has 0 saturated heterocycles. The van der Waals surface area contributed by atoms with Crippen molar-refractivity contribution < 1.29 is 9.84 Å². The van der Waals surface area contributed by atoms with E-state index in [9.17, 15) is 5.11 Å². The maximum Gasteiger partial charge on any atom is 0.0991 e. The normalized spacial score (nSPS) is 12.4. The second kappa shape index (κ2) is 8.65. The number of nitriles is 1. The van der Waals surface area contributed by atoms with Gasteiger partial charge in [0.1, 0.15) is 0 Å². The number of nitrogens with zero attached hydrogens (tertiary/aromatic N) is 2. The Morgan fingerprint density at radius 1 is 1.37 bits per heavy atom. The van der Waals surface area contributed by atoms with Gasteiger partial charge in [-0.05, 0) is 24.1 Å². The summed E-state index contributed by atoms with van der Waals surface area (Å²) in [6, 6.07) is 9.66. The van der Waals surface area contributed by atoms with E-state index in [0.29, 0.717) is 18.7 Å². The van der Waals surface area contributed by atoms with Gasteiger partial charge in [-0.1, -0.05) is 19.1 Å². The van der Waals surface area contributed by atoms with E-state index in [1.807, 2.05) is 31.2 Å². The van der Waals surface area contributed by atoms with Crippen LogP contribution < -0.4 is 0 Å². The maximum absolute atomic E-state index is 9.76. The van der Waals surface area contributed by atoms with E-state index in [2.05, 4.69) is 11.0 Å². The lowest BCUT2D eigenvalue weighted by Crippen LogP contribution is -2.34. The van der Waals surface area contributed by atoms with Crippen LogP contribution in [0.2, 0.25) is 0 Å². The molecule has 4 heteroatoms. The van der Waals surface area contributed by atoms with Crippen LogP contribution in [0.3, 0.4) is 0 Å². The fourth-order valence-corrected chi connectivity index (χ4v) is 1.83. The Labute approximate surface area is 115 Å². The number of methoxy groups -OCH3 is 1. The molecule has 0 aliphatic rings. The van der Waals surface area contributed by atoms with Crippen LogP contribution in [0.4, 0.5) is 0 Å². The minimum absolute atomic E-state index is 0.310. The zero-order valence-electron chi connectivity index (χ0n) is 11.7. The van der Waals surface area contributed by atoms with E-state index in [1.54, 1.807) is 7.11 Å². The molecular formula is C15H22N2O2. The fourth-order valence-electron chi connectivity index (χ4n) is 1.83. The van der Waals surface area contributed by atoms with Crippen LogP contribution in [0, 0.1) is 11.3 Å². The molecule has 1 rings (SSSR count). The van der Waals surface area contributed by atoms with Gasteiger partial charge >= 0.3 is 0 Å². The first-order chi connectivity index (χ1) is 9.19. The Hall–Kier alpha value is -1.41. The predicted molar refractivity (Wildman–Crippen MR) is 74.6 cm³/mol. The highest BCUT2D eigenvalue weighted by atomic mass is 16.5. The first-order valence-electron chi connectivity index (χ1n) is 6.58. The highest BCUT2D eigenvalue weighted by Crippen LogP contribution is 2.08. The molecule has 0 aliphatic carbocycles. The Balaban J connectivity index is 2.61. The average Bonchev–Trinajstić information content (AvgIpc) is 2.45. The van der Waals surface area contributed by atoms with Crippen molar-refractivity contribution >= 4 is 0 Å². The number of aliphatic hydroxyl groups is 1. The monoisotopic (exact) mass is 262 g/mol. The molecule has 0 fully saturated rings. The van der Waals surface area contributed by atoms with Gasteiger partial charge in [0.2, 0.25) is 0 Å². The molecule has 0 amide bonds. The zero-order chi connectivity index (χ0) is 14.1. The number of hydrogen-bond donors (Lipinski definition) is 1. The van der Waals surface area contributed by atoms with Gasteiger partial charge in [0.25, 0.3) is 0 Å². The quantitative estimate of drug-likeness (QED) is 0.776. The third-order valence-electron chi connectivity index (χ3n) is 3.04. The summed E-state index contributed by atoms with van der Waals surface area (Å²) < 4.78 is 5.10. The van der Waals surface area contributed by atoms with Gasteiger partial charge in [0.15, 0.2) is 0 Å². The largest absolute Gasteiger partial charge is 0.392 e. The van der Waals surface area contributed by atoms with Crippen LogP contribution >= 0.6 is 0 Å². The minimum Gasteiger partial charge on any atom is -0.392 e. The lowest BCUT2D eigenvalue weighted by molar-refractivity contribution is 0.0830. The van der Waals surface area contributed by atoms with Gasteiger partial charge in [-0.25, -0.2) is 0 Å². The molecule has 0 saturated carbocycles. The molecule has 19 heavy (non-hydrogen) atoms. The SMILES string of the molecule is CC[C@@H](O)CN(CCOC)Cc1ccc(C#N)cc1. The summed E-state index contributed by atoms with van der Waals surface area (Å²) in [4.78, 5) is 2.17. The number of hydrogen-bond acceptors (Lipinski definition) is 4. The molecule has 0 heterocycles. The molecule has 0 aromatic heterocycles. The molecule has 1 atom stereocenters. The average molecular weight is 262 g/mol. The summed E-state index contributed by atoms with van der Waals surface area (Å²) in [7, 11) is 1.68. The Morgan fingerprint density at radius 3 is 2.58 bits per heavy atom. The van der Waals surface area contributed by atoms with Crippen molar-refractivity contribution in [1.82, 2.24) is 4.90 Å². The van der Waals surface area contributed by atoms with E-state index in [0.717, 1.165) is 25.1 Å². The molecule has 0 spiro atoms. The highest BCUT2D eigenvalue weighted by molar-refractivity contribution is 5.31. The standard InChI is InChI=1S/C15H22N2O2/c1-3-15(18)12-17(8-9-19-2)11-14-6-4-13(10-16)5-7-14/h4-7,15,18H,3,8-9,11-12H2,1-2H3/t15-/m1/s1. The number of benzene rings is 1. The van der Waals surface area contributed by atoms with Crippen molar-refractivity contribution in [3.8, 4) is 6.07 Å². The number of rotatable bonds is 8. The van der Waals surface area contributed by atoms with Crippen molar-refractivity contribution in [3.63, 3.8) is 0 Å². The summed E-state index contributed by atoms with van der Waals surface area (Å²) in [6.45, 7) is 4.80. The number of ether oxygens (including phenoxy) is 1. The van der Waals surface area contributed by atoms with Crippen LogP contribution in [0.5, 0.6) is 0 Å². The molecule has 1 aromatic carbocycles. The molecule has 4 nitrogen and oxygen atoms in total. The van der Waals surface area contributed by atoms with Crippen molar-refractivity contribution in [2.45, 2.75) is 26.0 Å². The van der Waals surface area contributed by atoms with Crippen molar-refractivity contribution in [2.24, 2.45) is 0 Å². The zero-order valence-corrected chi connectivity index (χ0v) is 11.7. The molecule has 1 aromatic rings. The van der Waals surface area contributed by atoms with E-state index in [4.69, 9.17) is 10.00 Å². The van der Waals surface area contributed by atoms with Crippen LogP contribution in [-0.4, -0.2) is 42.9 Å². The second-order valence-electron chi connectivity index (χ2n) is 4.60. The van der Waals surface area contributed by atoms with Gasteiger partial charge in [-0.15, -0.1) is 0 Å². The molecule has 1 N–H and O–H groups in total. The summed E-state index contributed by atoms with van der Waals surface area (Å²) in [6.07, 6.45) is 0.437. The van der Waals surface area contributed by atoms with Gasteiger partial charge in [-0.2, -0.15) is 5.26 Å². The van der Waals surface area contributed by atoms with Gasteiger partial charge in [0.05, 0.1) is 24.3 Å². The number of aliphatic hydroxyl groups excluding tert-OH is 1. The van der Waals surface area contributed by atoms with Gasteiger partial charge in [-0.3, -0.25) is 4.90 Å². The summed E-state index contributed by atoms with van der Waals surface area (Å²) in [5.74, 6) is 0. The van der Waals surface area contributed by atoms with Crippen molar-refractivity contribution in [3.05, 3.63) is 35.4 Å². The maximum atomic E-state index is 9.76. The van der Waals surface area contributed by atoms with Crippen LogP contribution in [0.25, 0.3) is 0 Å². The Kier molecular flexibility index (Phi) is 7.12.